The van der Waals surface area contributed by atoms with Crippen molar-refractivity contribution < 1.29 is 17.9 Å². The van der Waals surface area contributed by atoms with Gasteiger partial charge in [0.2, 0.25) is 10.0 Å². The van der Waals surface area contributed by atoms with Crippen LogP contribution in [0.1, 0.15) is 12.0 Å². The summed E-state index contributed by atoms with van der Waals surface area (Å²) in [5.41, 5.74) is 6.12. The molecule has 0 aliphatic carbocycles. The highest BCUT2D eigenvalue weighted by molar-refractivity contribution is 7.89. The minimum atomic E-state index is -3.71. The van der Waals surface area contributed by atoms with Gasteiger partial charge in [0.1, 0.15) is 10.6 Å². The lowest BCUT2D eigenvalue weighted by Gasteiger charge is -2.14. The number of ether oxygens (including phenoxy) is 2. The van der Waals surface area contributed by atoms with Crippen LogP contribution in [0.15, 0.2) is 17.0 Å². The molecule has 1 aromatic carbocycles. The third kappa shape index (κ3) is 4.32. The van der Waals surface area contributed by atoms with Gasteiger partial charge in [-0.2, -0.15) is 0 Å². The zero-order valence-electron chi connectivity index (χ0n) is 11.5. The van der Waals surface area contributed by atoms with Crippen molar-refractivity contribution in [1.29, 1.82) is 0 Å². The van der Waals surface area contributed by atoms with Gasteiger partial charge in [-0.25, -0.2) is 13.1 Å². The first-order valence-corrected chi connectivity index (χ1v) is 7.87. The van der Waals surface area contributed by atoms with E-state index in [4.69, 9.17) is 26.8 Å². The summed E-state index contributed by atoms with van der Waals surface area (Å²) >= 11 is 5.92. The molecule has 0 saturated heterocycles. The monoisotopic (exact) mass is 322 g/mol. The Labute approximate surface area is 124 Å². The number of methoxy groups -OCH3 is 2. The maximum absolute atomic E-state index is 12.3. The Kier molecular flexibility index (Phi) is 6.70. The zero-order chi connectivity index (χ0) is 15.2. The number of benzene rings is 1. The maximum Gasteiger partial charge on any atom is 0.244 e. The molecule has 114 valence electrons. The summed E-state index contributed by atoms with van der Waals surface area (Å²) in [6.07, 6.45) is 0.572. The molecule has 0 aliphatic rings. The minimum Gasteiger partial charge on any atom is -0.495 e. The molecule has 0 radical (unpaired) electrons. The molecule has 0 amide bonds. The van der Waals surface area contributed by atoms with Crippen LogP contribution in [0.3, 0.4) is 0 Å². The van der Waals surface area contributed by atoms with Crippen molar-refractivity contribution in [1.82, 2.24) is 4.72 Å². The standard InChI is InChI=1S/C12H19ClN2O4S/c1-18-5-3-4-15-20(16,17)11-7-10(13)6-9(8-14)12(11)19-2/h6-7,15H,3-5,8,14H2,1-2H3. The average Bonchev–Trinajstić information content (AvgIpc) is 2.42. The van der Waals surface area contributed by atoms with E-state index in [1.54, 1.807) is 13.2 Å². The van der Waals surface area contributed by atoms with Crippen LogP contribution in [-0.2, 0) is 21.3 Å². The van der Waals surface area contributed by atoms with E-state index >= 15 is 0 Å². The fourth-order valence-electron chi connectivity index (χ4n) is 1.71. The van der Waals surface area contributed by atoms with Gasteiger partial charge in [-0.3, -0.25) is 0 Å². The van der Waals surface area contributed by atoms with E-state index in [0.29, 0.717) is 23.6 Å². The Balaban J connectivity index is 3.07. The van der Waals surface area contributed by atoms with Crippen LogP contribution in [0.25, 0.3) is 0 Å². The van der Waals surface area contributed by atoms with Crippen LogP contribution in [0.4, 0.5) is 0 Å². The molecule has 6 nitrogen and oxygen atoms in total. The van der Waals surface area contributed by atoms with E-state index in [0.717, 1.165) is 0 Å². The lowest BCUT2D eigenvalue weighted by molar-refractivity contribution is 0.196. The number of hydrogen-bond acceptors (Lipinski definition) is 5. The van der Waals surface area contributed by atoms with Crippen LogP contribution >= 0.6 is 11.6 Å². The fourth-order valence-corrected chi connectivity index (χ4v) is 3.32. The van der Waals surface area contributed by atoms with E-state index in [1.165, 1.54) is 13.2 Å². The van der Waals surface area contributed by atoms with Crippen LogP contribution < -0.4 is 15.2 Å². The van der Waals surface area contributed by atoms with E-state index in [9.17, 15) is 8.42 Å². The Bertz CT molecular complexity index is 549. The first-order chi connectivity index (χ1) is 9.46. The second-order valence-corrected chi connectivity index (χ2v) is 6.22. The molecule has 0 bridgehead atoms. The summed E-state index contributed by atoms with van der Waals surface area (Å²) in [5, 5.41) is 0.295. The highest BCUT2D eigenvalue weighted by atomic mass is 35.5. The molecule has 1 aromatic rings. The second-order valence-electron chi connectivity index (χ2n) is 4.04. The molecule has 1 rings (SSSR count). The summed E-state index contributed by atoms with van der Waals surface area (Å²) < 4.78 is 37.0. The number of nitrogens with one attached hydrogen (secondary N) is 1. The van der Waals surface area contributed by atoms with E-state index in [-0.39, 0.29) is 23.7 Å². The van der Waals surface area contributed by atoms with Crippen molar-refractivity contribution in [2.75, 3.05) is 27.4 Å². The van der Waals surface area contributed by atoms with E-state index in [2.05, 4.69) is 4.72 Å². The smallest absolute Gasteiger partial charge is 0.244 e. The first kappa shape index (κ1) is 17.2. The molecule has 0 saturated carbocycles. The lowest BCUT2D eigenvalue weighted by Crippen LogP contribution is -2.26. The summed E-state index contributed by atoms with van der Waals surface area (Å²) in [4.78, 5) is -0.00892. The van der Waals surface area contributed by atoms with Crippen LogP contribution in [-0.4, -0.2) is 35.8 Å². The SMILES string of the molecule is COCCCNS(=O)(=O)c1cc(Cl)cc(CN)c1OC. The highest BCUT2D eigenvalue weighted by Gasteiger charge is 2.22. The number of hydrogen-bond donors (Lipinski definition) is 2. The fraction of sp³-hybridized carbons (Fsp3) is 0.500. The third-order valence-corrected chi connectivity index (χ3v) is 4.31. The van der Waals surface area contributed by atoms with Gasteiger partial charge in [0.05, 0.1) is 7.11 Å². The normalized spacial score (nSPS) is 11.6. The Morgan fingerprint density at radius 1 is 1.35 bits per heavy atom. The number of nitrogens with two attached hydrogens (primary N) is 1. The summed E-state index contributed by atoms with van der Waals surface area (Å²) in [7, 11) is -0.756. The molecule has 3 N–H and O–H groups in total. The Morgan fingerprint density at radius 3 is 2.60 bits per heavy atom. The van der Waals surface area contributed by atoms with Crippen LogP contribution in [0.2, 0.25) is 5.02 Å². The van der Waals surface area contributed by atoms with Crippen molar-refractivity contribution in [3.05, 3.63) is 22.7 Å². The summed E-state index contributed by atoms with van der Waals surface area (Å²) in [6, 6.07) is 2.93. The average molecular weight is 323 g/mol. The summed E-state index contributed by atoms with van der Waals surface area (Å²) in [6.45, 7) is 0.878. The van der Waals surface area contributed by atoms with Gasteiger partial charge >= 0.3 is 0 Å². The Hall–Kier alpha value is -0.860. The van der Waals surface area contributed by atoms with Crippen molar-refractivity contribution in [3.8, 4) is 5.75 Å². The van der Waals surface area contributed by atoms with Gasteiger partial charge in [-0.05, 0) is 18.6 Å². The largest absolute Gasteiger partial charge is 0.495 e. The molecule has 0 atom stereocenters. The quantitative estimate of drug-likeness (QED) is 0.700. The van der Waals surface area contributed by atoms with Gasteiger partial charge in [0.15, 0.2) is 0 Å². The van der Waals surface area contributed by atoms with Crippen LogP contribution in [0.5, 0.6) is 5.75 Å². The molecule has 0 aliphatic heterocycles. The second kappa shape index (κ2) is 7.80. The molecule has 0 aromatic heterocycles. The molecular weight excluding hydrogens is 304 g/mol. The molecule has 0 spiro atoms. The molecule has 0 unspecified atom stereocenters. The van der Waals surface area contributed by atoms with Crippen molar-refractivity contribution in [2.24, 2.45) is 5.73 Å². The maximum atomic E-state index is 12.3. The Morgan fingerprint density at radius 2 is 2.05 bits per heavy atom. The molecule has 0 fully saturated rings. The zero-order valence-corrected chi connectivity index (χ0v) is 13.1. The van der Waals surface area contributed by atoms with E-state index < -0.39 is 10.0 Å². The first-order valence-electron chi connectivity index (χ1n) is 6.01. The van der Waals surface area contributed by atoms with Gasteiger partial charge in [0, 0.05) is 37.4 Å². The third-order valence-electron chi connectivity index (χ3n) is 2.63. The number of halogens is 1. The highest BCUT2D eigenvalue weighted by Crippen LogP contribution is 2.31. The van der Waals surface area contributed by atoms with E-state index in [1.807, 2.05) is 0 Å². The summed E-state index contributed by atoms with van der Waals surface area (Å²) in [5.74, 6) is 0.219. The van der Waals surface area contributed by atoms with Crippen molar-refractivity contribution in [3.63, 3.8) is 0 Å². The van der Waals surface area contributed by atoms with Gasteiger partial charge in [-0.1, -0.05) is 11.6 Å². The number of rotatable bonds is 8. The molecular formula is C12H19ClN2O4S. The van der Waals surface area contributed by atoms with Gasteiger partial charge in [0.25, 0.3) is 0 Å². The predicted molar refractivity (Wildman–Crippen MR) is 77.6 cm³/mol. The van der Waals surface area contributed by atoms with Gasteiger partial charge in [-0.15, -0.1) is 0 Å². The minimum absolute atomic E-state index is 0.00892. The van der Waals surface area contributed by atoms with Crippen molar-refractivity contribution >= 4 is 21.6 Å². The molecule has 8 heteroatoms. The molecule has 0 heterocycles. The predicted octanol–water partition coefficient (Wildman–Crippen LogP) is 1.12. The number of sulfonamides is 1. The van der Waals surface area contributed by atoms with Gasteiger partial charge < -0.3 is 15.2 Å². The lowest BCUT2D eigenvalue weighted by atomic mass is 10.2. The topological polar surface area (TPSA) is 90.7 Å². The van der Waals surface area contributed by atoms with Crippen molar-refractivity contribution in [2.45, 2.75) is 17.9 Å². The van der Waals surface area contributed by atoms with Crippen LogP contribution in [0, 0.1) is 0 Å². The molecule has 20 heavy (non-hydrogen) atoms.